The van der Waals surface area contributed by atoms with Crippen LogP contribution in [0.1, 0.15) is 16.2 Å². The zero-order valence-electron chi connectivity index (χ0n) is 15.0. The topological polar surface area (TPSA) is 102 Å². The second kappa shape index (κ2) is 7.36. The molecule has 0 radical (unpaired) electrons. The molecule has 0 aliphatic rings. The highest BCUT2D eigenvalue weighted by Gasteiger charge is 2.14. The SMILES string of the molecule is COc1ccc(-n2ccc(CNC(=O)c3n[nH]c(=O)c4ccccc34)n2)cc1. The lowest BCUT2D eigenvalue weighted by Crippen LogP contribution is -2.26. The Labute approximate surface area is 159 Å². The number of aromatic nitrogens is 4. The molecule has 8 nitrogen and oxygen atoms in total. The number of carbonyl (C=O) groups excluding carboxylic acids is 1. The summed E-state index contributed by atoms with van der Waals surface area (Å²) in [7, 11) is 1.62. The van der Waals surface area contributed by atoms with E-state index >= 15 is 0 Å². The predicted octanol–water partition coefficient (Wildman–Crippen LogP) is 2.05. The monoisotopic (exact) mass is 375 g/mol. The standard InChI is InChI=1S/C20H17N5O3/c1-28-15-8-6-14(7-9-15)25-11-10-13(24-25)12-21-20(27)18-16-4-2-3-5-17(16)19(26)23-22-18/h2-11H,12H2,1H3,(H,21,27)(H,23,26). The summed E-state index contributed by atoms with van der Waals surface area (Å²) in [4.78, 5) is 24.4. The van der Waals surface area contributed by atoms with Crippen LogP contribution in [0.25, 0.3) is 16.5 Å². The molecule has 1 amide bonds. The molecule has 0 aliphatic carbocycles. The number of hydrogen-bond donors (Lipinski definition) is 2. The largest absolute Gasteiger partial charge is 0.497 e. The molecule has 0 atom stereocenters. The number of fused-ring (bicyclic) bond motifs is 1. The fourth-order valence-electron chi connectivity index (χ4n) is 2.88. The number of ether oxygens (including phenoxy) is 1. The molecule has 2 aromatic heterocycles. The number of nitrogens with zero attached hydrogens (tertiary/aromatic N) is 3. The summed E-state index contributed by atoms with van der Waals surface area (Å²) in [6.45, 7) is 0.233. The first-order chi connectivity index (χ1) is 13.7. The molecule has 8 heteroatoms. The molecule has 4 rings (SSSR count). The van der Waals surface area contributed by atoms with Crippen LogP contribution in [0.3, 0.4) is 0 Å². The number of hydrogen-bond acceptors (Lipinski definition) is 5. The Balaban J connectivity index is 1.49. The van der Waals surface area contributed by atoms with Gasteiger partial charge in [-0.25, -0.2) is 9.78 Å². The van der Waals surface area contributed by atoms with Gasteiger partial charge in [0, 0.05) is 11.6 Å². The molecule has 4 aromatic rings. The Kier molecular flexibility index (Phi) is 4.59. The van der Waals surface area contributed by atoms with E-state index in [9.17, 15) is 9.59 Å². The fourth-order valence-corrected chi connectivity index (χ4v) is 2.88. The molecule has 140 valence electrons. The Morgan fingerprint density at radius 2 is 1.86 bits per heavy atom. The number of rotatable bonds is 5. The summed E-state index contributed by atoms with van der Waals surface area (Å²) in [6.07, 6.45) is 1.82. The van der Waals surface area contributed by atoms with E-state index in [0.29, 0.717) is 16.5 Å². The molecule has 2 aromatic carbocycles. The fraction of sp³-hybridized carbons (Fsp3) is 0.100. The number of aromatic amines is 1. The van der Waals surface area contributed by atoms with Gasteiger partial charge in [-0.15, -0.1) is 0 Å². The van der Waals surface area contributed by atoms with Crippen LogP contribution in [-0.2, 0) is 6.54 Å². The minimum absolute atomic E-state index is 0.171. The third-order valence-corrected chi connectivity index (χ3v) is 4.32. The van der Waals surface area contributed by atoms with Gasteiger partial charge in [-0.05, 0) is 36.4 Å². The average Bonchev–Trinajstić information content (AvgIpc) is 3.22. The maximum atomic E-state index is 12.5. The van der Waals surface area contributed by atoms with Crippen LogP contribution in [-0.4, -0.2) is 33.0 Å². The van der Waals surface area contributed by atoms with Crippen LogP contribution >= 0.6 is 0 Å². The van der Waals surface area contributed by atoms with Crippen LogP contribution in [0.4, 0.5) is 0 Å². The first-order valence-corrected chi connectivity index (χ1v) is 8.60. The van der Waals surface area contributed by atoms with Crippen molar-refractivity contribution in [3.63, 3.8) is 0 Å². The van der Waals surface area contributed by atoms with Gasteiger partial charge < -0.3 is 10.1 Å². The van der Waals surface area contributed by atoms with Crippen molar-refractivity contribution in [2.75, 3.05) is 7.11 Å². The average molecular weight is 375 g/mol. The maximum absolute atomic E-state index is 12.5. The number of H-pyrrole nitrogens is 1. The molecule has 2 heterocycles. The van der Waals surface area contributed by atoms with Gasteiger partial charge in [0.05, 0.1) is 30.4 Å². The van der Waals surface area contributed by atoms with E-state index in [1.807, 2.05) is 36.5 Å². The van der Waals surface area contributed by atoms with Gasteiger partial charge in [0.15, 0.2) is 5.69 Å². The molecule has 0 fully saturated rings. The van der Waals surface area contributed by atoms with Gasteiger partial charge >= 0.3 is 0 Å². The zero-order valence-corrected chi connectivity index (χ0v) is 15.0. The van der Waals surface area contributed by atoms with E-state index in [-0.39, 0.29) is 23.7 Å². The third-order valence-electron chi connectivity index (χ3n) is 4.32. The van der Waals surface area contributed by atoms with Crippen molar-refractivity contribution in [1.82, 2.24) is 25.3 Å². The van der Waals surface area contributed by atoms with E-state index in [1.54, 1.807) is 36.1 Å². The molecule has 2 N–H and O–H groups in total. The lowest BCUT2D eigenvalue weighted by Gasteiger charge is -2.06. The molecule has 28 heavy (non-hydrogen) atoms. The van der Waals surface area contributed by atoms with Crippen LogP contribution in [0.5, 0.6) is 5.75 Å². The highest BCUT2D eigenvalue weighted by atomic mass is 16.5. The van der Waals surface area contributed by atoms with Gasteiger partial charge in [0.25, 0.3) is 11.5 Å². The van der Waals surface area contributed by atoms with Crippen molar-refractivity contribution in [3.8, 4) is 11.4 Å². The van der Waals surface area contributed by atoms with E-state index < -0.39 is 0 Å². The second-order valence-corrected chi connectivity index (χ2v) is 6.08. The summed E-state index contributed by atoms with van der Waals surface area (Å²) in [5.74, 6) is 0.385. The predicted molar refractivity (Wildman–Crippen MR) is 104 cm³/mol. The first kappa shape index (κ1) is 17.5. The van der Waals surface area contributed by atoms with Gasteiger partial charge in [-0.2, -0.15) is 10.2 Å². The van der Waals surface area contributed by atoms with Gasteiger partial charge in [-0.3, -0.25) is 9.59 Å². The molecule has 0 spiro atoms. The van der Waals surface area contributed by atoms with Crippen molar-refractivity contribution in [3.05, 3.63) is 82.5 Å². The normalized spacial score (nSPS) is 10.8. The van der Waals surface area contributed by atoms with Gasteiger partial charge in [-0.1, -0.05) is 18.2 Å². The van der Waals surface area contributed by atoms with Crippen molar-refractivity contribution in [1.29, 1.82) is 0 Å². The third kappa shape index (κ3) is 3.35. The number of amides is 1. The Hall–Kier alpha value is -3.94. The minimum Gasteiger partial charge on any atom is -0.497 e. The van der Waals surface area contributed by atoms with Crippen molar-refractivity contribution >= 4 is 16.7 Å². The highest BCUT2D eigenvalue weighted by Crippen LogP contribution is 2.15. The molecule has 0 saturated heterocycles. The zero-order chi connectivity index (χ0) is 19.5. The summed E-state index contributed by atoms with van der Waals surface area (Å²) in [5.41, 5.74) is 1.42. The minimum atomic E-state index is -0.383. The second-order valence-electron chi connectivity index (χ2n) is 6.08. The Morgan fingerprint density at radius 1 is 1.11 bits per heavy atom. The summed E-state index contributed by atoms with van der Waals surface area (Å²) in [6, 6.07) is 16.2. The number of carbonyl (C=O) groups is 1. The summed E-state index contributed by atoms with van der Waals surface area (Å²) < 4.78 is 6.87. The lowest BCUT2D eigenvalue weighted by atomic mass is 10.1. The molecule has 0 bridgehead atoms. The van der Waals surface area contributed by atoms with E-state index in [2.05, 4.69) is 20.6 Å². The summed E-state index contributed by atoms with van der Waals surface area (Å²) in [5, 5.41) is 14.4. The van der Waals surface area contributed by atoms with E-state index in [4.69, 9.17) is 4.74 Å². The maximum Gasteiger partial charge on any atom is 0.272 e. The quantitative estimate of drug-likeness (QED) is 0.556. The Bertz CT molecular complexity index is 1190. The number of methoxy groups -OCH3 is 1. The smallest absolute Gasteiger partial charge is 0.272 e. The molecule has 0 unspecified atom stereocenters. The van der Waals surface area contributed by atoms with Crippen molar-refractivity contribution in [2.45, 2.75) is 6.54 Å². The molecular weight excluding hydrogens is 358 g/mol. The highest BCUT2D eigenvalue weighted by molar-refractivity contribution is 6.04. The van der Waals surface area contributed by atoms with Crippen LogP contribution in [0, 0.1) is 0 Å². The number of nitrogens with one attached hydrogen (secondary N) is 2. The van der Waals surface area contributed by atoms with Gasteiger partial charge in [0.1, 0.15) is 5.75 Å². The molecular formula is C20H17N5O3. The lowest BCUT2D eigenvalue weighted by molar-refractivity contribution is 0.0946. The van der Waals surface area contributed by atoms with E-state index in [1.165, 1.54) is 0 Å². The first-order valence-electron chi connectivity index (χ1n) is 8.60. The molecule has 0 saturated carbocycles. The van der Waals surface area contributed by atoms with Gasteiger partial charge in [0.2, 0.25) is 0 Å². The molecule has 0 aliphatic heterocycles. The Morgan fingerprint density at radius 3 is 2.61 bits per heavy atom. The van der Waals surface area contributed by atoms with Crippen LogP contribution < -0.4 is 15.6 Å². The summed E-state index contributed by atoms with van der Waals surface area (Å²) >= 11 is 0. The van der Waals surface area contributed by atoms with Crippen molar-refractivity contribution < 1.29 is 9.53 Å². The van der Waals surface area contributed by atoms with E-state index in [0.717, 1.165) is 11.4 Å². The number of benzene rings is 2. The van der Waals surface area contributed by atoms with Crippen molar-refractivity contribution in [2.24, 2.45) is 0 Å². The van der Waals surface area contributed by atoms with Crippen LogP contribution in [0.2, 0.25) is 0 Å². The van der Waals surface area contributed by atoms with Crippen LogP contribution in [0.15, 0.2) is 65.6 Å².